The molecule has 1 N–H and O–H groups in total. The molecule has 0 unspecified atom stereocenters. The average Bonchev–Trinajstić information content (AvgIpc) is 2.85. The predicted molar refractivity (Wildman–Crippen MR) is 85.9 cm³/mol. The van der Waals surface area contributed by atoms with E-state index in [2.05, 4.69) is 55.0 Å². The smallest absolute Gasteiger partial charge is 0.226 e. The average molecular weight is 368 g/mol. The minimum Gasteiger partial charge on any atom is -0.323 e. The lowest BCUT2D eigenvalue weighted by molar-refractivity contribution is 0.612. The third-order valence-corrected chi connectivity index (χ3v) is 3.56. The van der Waals surface area contributed by atoms with Crippen molar-refractivity contribution < 1.29 is 0 Å². The van der Waals surface area contributed by atoms with Crippen molar-refractivity contribution in [3.05, 3.63) is 34.4 Å². The maximum Gasteiger partial charge on any atom is 0.226 e. The SMILES string of the molecule is CC(C)n1cnc2c(Nc3ccc(Br)cn3)nc(Cl)nc21. The molecule has 0 aliphatic rings. The normalized spacial score (nSPS) is 11.3. The van der Waals surface area contributed by atoms with E-state index in [1.807, 2.05) is 16.7 Å². The van der Waals surface area contributed by atoms with E-state index in [0.29, 0.717) is 22.8 Å². The summed E-state index contributed by atoms with van der Waals surface area (Å²) < 4.78 is 2.85. The van der Waals surface area contributed by atoms with E-state index in [1.165, 1.54) is 0 Å². The zero-order valence-electron chi connectivity index (χ0n) is 11.4. The Balaban J connectivity index is 2.07. The van der Waals surface area contributed by atoms with Crippen molar-refractivity contribution >= 4 is 50.3 Å². The van der Waals surface area contributed by atoms with E-state index in [0.717, 1.165) is 4.47 Å². The molecule has 0 saturated carbocycles. The van der Waals surface area contributed by atoms with E-state index >= 15 is 0 Å². The van der Waals surface area contributed by atoms with Gasteiger partial charge in [-0.3, -0.25) is 0 Å². The number of fused-ring (bicyclic) bond motifs is 1. The largest absolute Gasteiger partial charge is 0.323 e. The summed E-state index contributed by atoms with van der Waals surface area (Å²) in [5.41, 5.74) is 1.36. The van der Waals surface area contributed by atoms with Gasteiger partial charge < -0.3 is 9.88 Å². The van der Waals surface area contributed by atoms with Crippen molar-refractivity contribution in [2.24, 2.45) is 0 Å². The van der Waals surface area contributed by atoms with Crippen LogP contribution in [-0.4, -0.2) is 24.5 Å². The van der Waals surface area contributed by atoms with Gasteiger partial charge in [-0.1, -0.05) is 0 Å². The molecule has 108 valence electrons. The highest BCUT2D eigenvalue weighted by molar-refractivity contribution is 9.10. The number of nitrogens with zero attached hydrogens (tertiary/aromatic N) is 5. The topological polar surface area (TPSA) is 68.5 Å². The fourth-order valence-corrected chi connectivity index (χ4v) is 2.33. The van der Waals surface area contributed by atoms with Gasteiger partial charge in [-0.05, 0) is 53.5 Å². The van der Waals surface area contributed by atoms with Crippen molar-refractivity contribution in [1.82, 2.24) is 24.5 Å². The lowest BCUT2D eigenvalue weighted by Gasteiger charge is -2.09. The van der Waals surface area contributed by atoms with Gasteiger partial charge in [0.2, 0.25) is 5.28 Å². The van der Waals surface area contributed by atoms with Crippen LogP contribution in [-0.2, 0) is 0 Å². The van der Waals surface area contributed by atoms with Crippen molar-refractivity contribution in [2.75, 3.05) is 5.32 Å². The number of rotatable bonds is 3. The van der Waals surface area contributed by atoms with Gasteiger partial charge in [-0.15, -0.1) is 0 Å². The van der Waals surface area contributed by atoms with E-state index in [-0.39, 0.29) is 11.3 Å². The molecule has 0 spiro atoms. The second-order valence-electron chi connectivity index (χ2n) is 4.75. The van der Waals surface area contributed by atoms with Crippen LogP contribution in [0.2, 0.25) is 5.28 Å². The van der Waals surface area contributed by atoms with Crippen LogP contribution in [0, 0.1) is 0 Å². The van der Waals surface area contributed by atoms with Crippen LogP contribution in [0.3, 0.4) is 0 Å². The first kappa shape index (κ1) is 14.2. The first-order chi connectivity index (χ1) is 10.0. The van der Waals surface area contributed by atoms with Crippen LogP contribution in [0.1, 0.15) is 19.9 Å². The predicted octanol–water partition coefficient (Wildman–Crippen LogP) is 3.96. The van der Waals surface area contributed by atoms with Crippen LogP contribution in [0.4, 0.5) is 11.6 Å². The van der Waals surface area contributed by atoms with Gasteiger partial charge in [0.15, 0.2) is 17.0 Å². The minimum absolute atomic E-state index is 0.171. The number of halogens is 2. The fourth-order valence-electron chi connectivity index (χ4n) is 1.93. The molecule has 21 heavy (non-hydrogen) atoms. The van der Waals surface area contributed by atoms with Crippen LogP contribution < -0.4 is 5.32 Å². The summed E-state index contributed by atoms with van der Waals surface area (Å²) in [4.78, 5) is 17.1. The molecule has 0 amide bonds. The lowest BCUT2D eigenvalue weighted by atomic mass is 10.4. The highest BCUT2D eigenvalue weighted by atomic mass is 79.9. The Kier molecular flexibility index (Phi) is 3.77. The van der Waals surface area contributed by atoms with Gasteiger partial charge in [0.05, 0.1) is 6.33 Å². The van der Waals surface area contributed by atoms with Crippen molar-refractivity contribution in [3.8, 4) is 0 Å². The molecule has 0 saturated heterocycles. The Morgan fingerprint density at radius 3 is 2.71 bits per heavy atom. The summed E-state index contributed by atoms with van der Waals surface area (Å²) in [5.74, 6) is 1.20. The summed E-state index contributed by atoms with van der Waals surface area (Å²) in [6, 6.07) is 3.97. The summed E-state index contributed by atoms with van der Waals surface area (Å²) >= 11 is 9.37. The van der Waals surface area contributed by atoms with E-state index in [1.54, 1.807) is 12.5 Å². The van der Waals surface area contributed by atoms with Crippen molar-refractivity contribution in [1.29, 1.82) is 0 Å². The zero-order valence-corrected chi connectivity index (χ0v) is 13.7. The monoisotopic (exact) mass is 366 g/mol. The number of anilines is 2. The Bertz CT molecular complexity index is 783. The van der Waals surface area contributed by atoms with Crippen LogP contribution in [0.25, 0.3) is 11.2 Å². The second-order valence-corrected chi connectivity index (χ2v) is 6.00. The van der Waals surface area contributed by atoms with Gasteiger partial charge in [-0.25, -0.2) is 9.97 Å². The Morgan fingerprint density at radius 2 is 2.05 bits per heavy atom. The van der Waals surface area contributed by atoms with Crippen LogP contribution in [0.5, 0.6) is 0 Å². The van der Waals surface area contributed by atoms with E-state index < -0.39 is 0 Å². The molecule has 0 radical (unpaired) electrons. The summed E-state index contributed by atoms with van der Waals surface area (Å²) in [7, 11) is 0. The summed E-state index contributed by atoms with van der Waals surface area (Å²) in [6.07, 6.45) is 3.44. The molecule has 0 aliphatic heterocycles. The summed E-state index contributed by atoms with van der Waals surface area (Å²) in [5, 5.41) is 3.29. The van der Waals surface area contributed by atoms with Crippen LogP contribution in [0.15, 0.2) is 29.1 Å². The number of pyridine rings is 1. The van der Waals surface area contributed by atoms with Crippen molar-refractivity contribution in [3.63, 3.8) is 0 Å². The summed E-state index contributed by atoms with van der Waals surface area (Å²) in [6.45, 7) is 4.11. The first-order valence-corrected chi connectivity index (χ1v) is 7.50. The third-order valence-electron chi connectivity index (χ3n) is 2.92. The van der Waals surface area contributed by atoms with Gasteiger partial charge in [-0.2, -0.15) is 9.97 Å². The Morgan fingerprint density at radius 1 is 1.24 bits per heavy atom. The highest BCUT2D eigenvalue weighted by Crippen LogP contribution is 2.25. The Hall–Kier alpha value is -1.73. The van der Waals surface area contributed by atoms with Gasteiger partial charge in [0.1, 0.15) is 5.82 Å². The molecule has 0 bridgehead atoms. The molecular formula is C13H12BrClN6. The van der Waals surface area contributed by atoms with E-state index in [9.17, 15) is 0 Å². The molecule has 3 aromatic rings. The molecular weight excluding hydrogens is 356 g/mol. The third kappa shape index (κ3) is 2.84. The molecule has 6 nitrogen and oxygen atoms in total. The molecule has 0 aromatic carbocycles. The molecule has 3 rings (SSSR count). The van der Waals surface area contributed by atoms with Gasteiger partial charge in [0, 0.05) is 16.7 Å². The zero-order chi connectivity index (χ0) is 15.0. The molecule has 8 heteroatoms. The number of hydrogen-bond acceptors (Lipinski definition) is 5. The molecule has 0 fully saturated rings. The maximum absolute atomic E-state index is 6.02. The molecule has 3 heterocycles. The fraction of sp³-hybridized carbons (Fsp3) is 0.231. The number of hydrogen-bond donors (Lipinski definition) is 1. The number of imidazole rings is 1. The number of nitrogens with one attached hydrogen (secondary N) is 1. The Labute approximate surface area is 134 Å². The minimum atomic E-state index is 0.171. The first-order valence-electron chi connectivity index (χ1n) is 6.33. The maximum atomic E-state index is 6.02. The highest BCUT2D eigenvalue weighted by Gasteiger charge is 2.14. The van der Waals surface area contributed by atoms with Gasteiger partial charge >= 0.3 is 0 Å². The van der Waals surface area contributed by atoms with Crippen molar-refractivity contribution in [2.45, 2.75) is 19.9 Å². The quantitative estimate of drug-likeness (QED) is 0.710. The molecule has 0 aliphatic carbocycles. The van der Waals surface area contributed by atoms with E-state index in [4.69, 9.17) is 11.6 Å². The lowest BCUT2D eigenvalue weighted by Crippen LogP contribution is -2.02. The second kappa shape index (κ2) is 5.57. The standard InChI is InChI=1S/C13H12BrClN6/c1-7(2)21-6-17-10-11(19-13(15)20-12(10)21)18-9-4-3-8(14)5-16-9/h3-7H,1-2H3,(H,16,18,19,20). The molecule has 0 atom stereocenters. The van der Waals surface area contributed by atoms with Crippen LogP contribution >= 0.6 is 27.5 Å². The number of aromatic nitrogens is 5. The molecule has 3 aromatic heterocycles. The van der Waals surface area contributed by atoms with Gasteiger partial charge in [0.25, 0.3) is 0 Å².